The van der Waals surface area contributed by atoms with Crippen LogP contribution in [0, 0.1) is 12.8 Å². The minimum absolute atomic E-state index is 0.304. The zero-order valence-corrected chi connectivity index (χ0v) is 13.1. The van der Waals surface area contributed by atoms with Crippen LogP contribution in [0.1, 0.15) is 25.0 Å². The van der Waals surface area contributed by atoms with Gasteiger partial charge in [0.25, 0.3) is 0 Å². The number of aromatic nitrogens is 2. The molecule has 1 saturated carbocycles. The summed E-state index contributed by atoms with van der Waals surface area (Å²) in [6.45, 7) is 9.07. The topological polar surface area (TPSA) is 44.5 Å². The summed E-state index contributed by atoms with van der Waals surface area (Å²) in [5.74, 6) is 0.935. The van der Waals surface area contributed by atoms with Gasteiger partial charge in [-0.3, -0.25) is 14.5 Å². The maximum Gasteiger partial charge on any atom is 0.0539 e. The number of piperazine rings is 1. The van der Waals surface area contributed by atoms with Gasteiger partial charge in [-0.2, -0.15) is 5.10 Å². The Bertz CT molecular complexity index is 443. The molecule has 1 N–H and O–H groups in total. The molecule has 0 unspecified atom stereocenters. The molecule has 3 rings (SSSR count). The molecular weight excluding hydrogens is 264 g/mol. The highest BCUT2D eigenvalue weighted by Crippen LogP contribution is 2.31. The van der Waals surface area contributed by atoms with Crippen LogP contribution >= 0.6 is 0 Å². The molecule has 21 heavy (non-hydrogen) atoms. The fourth-order valence-electron chi connectivity index (χ4n) is 3.32. The summed E-state index contributed by atoms with van der Waals surface area (Å²) in [6.07, 6.45) is 5.59. The zero-order chi connectivity index (χ0) is 14.7. The first-order valence-corrected chi connectivity index (χ1v) is 8.32. The molecule has 2 aliphatic rings. The van der Waals surface area contributed by atoms with E-state index >= 15 is 0 Å². The lowest BCUT2D eigenvalue weighted by Crippen LogP contribution is -2.54. The van der Waals surface area contributed by atoms with Crippen molar-refractivity contribution < 1.29 is 5.11 Å². The minimum atomic E-state index is 0.304. The second kappa shape index (κ2) is 6.90. The number of aliphatic hydroxyl groups excluding tert-OH is 1. The highest BCUT2D eigenvalue weighted by atomic mass is 16.3. The lowest BCUT2D eigenvalue weighted by atomic mass is 10.1. The maximum atomic E-state index is 9.33. The van der Waals surface area contributed by atoms with E-state index in [9.17, 15) is 5.11 Å². The molecule has 1 aromatic rings. The summed E-state index contributed by atoms with van der Waals surface area (Å²) in [6, 6.07) is 2.59. The van der Waals surface area contributed by atoms with Crippen molar-refractivity contribution in [2.24, 2.45) is 5.92 Å². The Kier molecular flexibility index (Phi) is 4.93. The normalized spacial score (nSPS) is 24.6. The van der Waals surface area contributed by atoms with Crippen LogP contribution in [0.25, 0.3) is 0 Å². The Balaban J connectivity index is 1.49. The molecule has 5 nitrogen and oxygen atoms in total. The third-order valence-electron chi connectivity index (χ3n) is 4.90. The van der Waals surface area contributed by atoms with Gasteiger partial charge < -0.3 is 5.11 Å². The Hall–Kier alpha value is -0.910. The van der Waals surface area contributed by atoms with Gasteiger partial charge in [0.05, 0.1) is 6.54 Å². The molecule has 1 saturated heterocycles. The first kappa shape index (κ1) is 15.0. The first-order chi connectivity index (χ1) is 10.3. The van der Waals surface area contributed by atoms with Crippen molar-refractivity contribution in [1.82, 2.24) is 19.6 Å². The van der Waals surface area contributed by atoms with E-state index in [2.05, 4.69) is 32.6 Å². The van der Waals surface area contributed by atoms with Gasteiger partial charge in [-0.1, -0.05) is 0 Å². The van der Waals surface area contributed by atoms with Gasteiger partial charge >= 0.3 is 0 Å². The molecule has 2 fully saturated rings. The van der Waals surface area contributed by atoms with Crippen LogP contribution in [0.3, 0.4) is 0 Å². The first-order valence-electron chi connectivity index (χ1n) is 8.32. The molecule has 118 valence electrons. The third-order valence-corrected chi connectivity index (χ3v) is 4.90. The van der Waals surface area contributed by atoms with Crippen LogP contribution in [-0.4, -0.2) is 70.1 Å². The van der Waals surface area contributed by atoms with Gasteiger partial charge in [0.2, 0.25) is 0 Å². The fourth-order valence-corrected chi connectivity index (χ4v) is 3.32. The Morgan fingerprint density at radius 2 is 2.14 bits per heavy atom. The van der Waals surface area contributed by atoms with Crippen LogP contribution < -0.4 is 0 Å². The molecule has 0 spiro atoms. The molecule has 5 heteroatoms. The molecule has 0 aromatic carbocycles. The second-order valence-corrected chi connectivity index (χ2v) is 6.60. The van der Waals surface area contributed by atoms with Crippen LogP contribution in [0.2, 0.25) is 0 Å². The SMILES string of the molecule is Cc1ccnn1CCN1CCN(CC2CC2)[C@@H](CCO)C1. The summed E-state index contributed by atoms with van der Waals surface area (Å²) < 4.78 is 2.08. The van der Waals surface area contributed by atoms with Crippen molar-refractivity contribution in [3.8, 4) is 0 Å². The van der Waals surface area contributed by atoms with Crippen LogP contribution in [0.5, 0.6) is 0 Å². The van der Waals surface area contributed by atoms with Crippen molar-refractivity contribution in [1.29, 1.82) is 0 Å². The van der Waals surface area contributed by atoms with Crippen molar-refractivity contribution in [3.05, 3.63) is 18.0 Å². The average molecular weight is 292 g/mol. The number of nitrogens with zero attached hydrogens (tertiary/aromatic N) is 4. The summed E-state index contributed by atoms with van der Waals surface area (Å²) in [5, 5.41) is 13.7. The average Bonchev–Trinajstić information content (AvgIpc) is 3.20. The van der Waals surface area contributed by atoms with E-state index in [1.807, 2.05) is 6.20 Å². The van der Waals surface area contributed by atoms with Crippen molar-refractivity contribution in [3.63, 3.8) is 0 Å². The van der Waals surface area contributed by atoms with Crippen molar-refractivity contribution >= 4 is 0 Å². The van der Waals surface area contributed by atoms with E-state index in [-0.39, 0.29) is 0 Å². The van der Waals surface area contributed by atoms with Crippen LogP contribution in [0.15, 0.2) is 12.3 Å². The summed E-state index contributed by atoms with van der Waals surface area (Å²) in [7, 11) is 0. The van der Waals surface area contributed by atoms with Crippen molar-refractivity contribution in [2.75, 3.05) is 39.3 Å². The standard InChI is InChI=1S/C16H28N4O/c1-14-4-6-17-20(14)10-8-18-7-9-19(12-15-2-3-15)16(13-18)5-11-21/h4,6,15-16,21H,2-3,5,7-13H2,1H3/t16-/m0/s1. The van der Waals surface area contributed by atoms with E-state index in [4.69, 9.17) is 0 Å². The maximum absolute atomic E-state index is 9.33. The fraction of sp³-hybridized carbons (Fsp3) is 0.812. The smallest absolute Gasteiger partial charge is 0.0539 e. The molecule has 1 aliphatic carbocycles. The Labute approximate surface area is 127 Å². The van der Waals surface area contributed by atoms with E-state index in [1.165, 1.54) is 25.1 Å². The highest BCUT2D eigenvalue weighted by molar-refractivity contribution is 4.96. The van der Waals surface area contributed by atoms with Gasteiger partial charge in [-0.05, 0) is 38.2 Å². The second-order valence-electron chi connectivity index (χ2n) is 6.60. The monoisotopic (exact) mass is 292 g/mol. The number of hydrogen-bond donors (Lipinski definition) is 1. The molecule has 2 heterocycles. The Morgan fingerprint density at radius 1 is 1.29 bits per heavy atom. The molecule has 0 bridgehead atoms. The predicted molar refractivity (Wildman–Crippen MR) is 83.2 cm³/mol. The summed E-state index contributed by atoms with van der Waals surface area (Å²) in [4.78, 5) is 5.15. The summed E-state index contributed by atoms with van der Waals surface area (Å²) in [5.41, 5.74) is 1.23. The molecule has 1 aliphatic heterocycles. The molecule has 0 radical (unpaired) electrons. The molecule has 0 amide bonds. The predicted octanol–water partition coefficient (Wildman–Crippen LogP) is 0.970. The Morgan fingerprint density at radius 3 is 2.81 bits per heavy atom. The minimum Gasteiger partial charge on any atom is -0.396 e. The largest absolute Gasteiger partial charge is 0.396 e. The van der Waals surface area contributed by atoms with Gasteiger partial charge in [0, 0.05) is 57.3 Å². The lowest BCUT2D eigenvalue weighted by molar-refractivity contribution is 0.0538. The summed E-state index contributed by atoms with van der Waals surface area (Å²) >= 11 is 0. The van der Waals surface area contributed by atoms with Gasteiger partial charge in [0.1, 0.15) is 0 Å². The van der Waals surface area contributed by atoms with Gasteiger partial charge in [-0.15, -0.1) is 0 Å². The third kappa shape index (κ3) is 4.05. The van der Waals surface area contributed by atoms with Crippen LogP contribution in [-0.2, 0) is 6.54 Å². The molecular formula is C16H28N4O. The number of rotatable bonds is 7. The van der Waals surface area contributed by atoms with E-state index in [0.29, 0.717) is 12.6 Å². The number of hydrogen-bond acceptors (Lipinski definition) is 4. The molecule has 1 atom stereocenters. The van der Waals surface area contributed by atoms with Crippen molar-refractivity contribution in [2.45, 2.75) is 38.8 Å². The highest BCUT2D eigenvalue weighted by Gasteiger charge is 2.31. The molecule has 1 aromatic heterocycles. The van der Waals surface area contributed by atoms with Gasteiger partial charge in [0.15, 0.2) is 0 Å². The number of aliphatic hydroxyl groups is 1. The van der Waals surface area contributed by atoms with E-state index in [1.54, 1.807) is 0 Å². The number of aryl methyl sites for hydroxylation is 1. The lowest BCUT2D eigenvalue weighted by Gasteiger charge is -2.41. The van der Waals surface area contributed by atoms with E-state index < -0.39 is 0 Å². The van der Waals surface area contributed by atoms with Gasteiger partial charge in [-0.25, -0.2) is 0 Å². The van der Waals surface area contributed by atoms with Crippen LogP contribution in [0.4, 0.5) is 0 Å². The van der Waals surface area contributed by atoms with E-state index in [0.717, 1.165) is 45.1 Å². The quantitative estimate of drug-likeness (QED) is 0.813. The zero-order valence-electron chi connectivity index (χ0n) is 13.1.